The maximum atomic E-state index is 12.2. The summed E-state index contributed by atoms with van der Waals surface area (Å²) in [5.41, 5.74) is 0. The lowest BCUT2D eigenvalue weighted by Gasteiger charge is -2.35. The molecule has 112 valence electrons. The van der Waals surface area contributed by atoms with Gasteiger partial charge in [0.25, 0.3) is 0 Å². The van der Waals surface area contributed by atoms with E-state index in [1.807, 2.05) is 6.92 Å². The van der Waals surface area contributed by atoms with Crippen LogP contribution in [0, 0.1) is 0 Å². The average molecular weight is 271 g/mol. The van der Waals surface area contributed by atoms with Gasteiger partial charge in [-0.1, -0.05) is 6.92 Å². The first-order valence-electron chi connectivity index (χ1n) is 7.41. The summed E-state index contributed by atoms with van der Waals surface area (Å²) in [6.45, 7) is 3.19. The van der Waals surface area contributed by atoms with Crippen molar-refractivity contribution in [2.45, 2.75) is 51.1 Å². The predicted octanol–water partition coefficient (Wildman–Crippen LogP) is 1.27. The second-order valence-electron chi connectivity index (χ2n) is 5.64. The van der Waals surface area contributed by atoms with Crippen LogP contribution in [0.2, 0.25) is 0 Å². The van der Waals surface area contributed by atoms with Crippen molar-refractivity contribution in [3.05, 3.63) is 0 Å². The van der Waals surface area contributed by atoms with Crippen molar-refractivity contribution in [2.75, 3.05) is 33.8 Å². The summed E-state index contributed by atoms with van der Waals surface area (Å²) < 4.78 is 0. The van der Waals surface area contributed by atoms with Crippen molar-refractivity contribution in [2.24, 2.45) is 0 Å². The maximum Gasteiger partial charge on any atom is 0.317 e. The molecule has 0 aromatic carbocycles. The lowest BCUT2D eigenvalue weighted by Crippen LogP contribution is -2.49. The molecule has 1 aliphatic rings. The number of nitrogens with zero attached hydrogens (tertiary/aromatic N) is 2. The zero-order chi connectivity index (χ0) is 14.3. The van der Waals surface area contributed by atoms with Crippen LogP contribution in [0.1, 0.15) is 39.0 Å². The maximum absolute atomic E-state index is 12.2. The lowest BCUT2D eigenvalue weighted by atomic mass is 9.90. The van der Waals surface area contributed by atoms with Gasteiger partial charge in [0.15, 0.2) is 0 Å². The number of aliphatic hydroxyl groups is 1. The van der Waals surface area contributed by atoms with Gasteiger partial charge in [-0.2, -0.15) is 0 Å². The normalized spacial score (nSPS) is 23.4. The summed E-state index contributed by atoms with van der Waals surface area (Å²) in [4.78, 5) is 16.1. The van der Waals surface area contributed by atoms with E-state index >= 15 is 0 Å². The van der Waals surface area contributed by atoms with Crippen molar-refractivity contribution in [3.63, 3.8) is 0 Å². The molecule has 5 heteroatoms. The van der Waals surface area contributed by atoms with Crippen LogP contribution in [0.15, 0.2) is 0 Å². The van der Waals surface area contributed by atoms with Crippen LogP contribution in [0.5, 0.6) is 0 Å². The first kappa shape index (κ1) is 16.2. The van der Waals surface area contributed by atoms with Gasteiger partial charge in [-0.05, 0) is 46.2 Å². The molecule has 1 fully saturated rings. The highest BCUT2D eigenvalue weighted by atomic mass is 16.3. The zero-order valence-electron chi connectivity index (χ0n) is 12.6. The second-order valence-corrected chi connectivity index (χ2v) is 5.64. The quantitative estimate of drug-likeness (QED) is 0.765. The Morgan fingerprint density at radius 2 is 2.05 bits per heavy atom. The highest BCUT2D eigenvalue weighted by Crippen LogP contribution is 2.21. The third-order valence-electron chi connectivity index (χ3n) is 3.86. The average Bonchev–Trinajstić information content (AvgIpc) is 2.38. The van der Waals surface area contributed by atoms with Gasteiger partial charge in [-0.25, -0.2) is 4.79 Å². The van der Waals surface area contributed by atoms with Gasteiger partial charge in [-0.3, -0.25) is 0 Å². The molecule has 2 unspecified atom stereocenters. The van der Waals surface area contributed by atoms with Crippen molar-refractivity contribution in [3.8, 4) is 0 Å². The molecule has 0 aliphatic heterocycles. The van der Waals surface area contributed by atoms with Crippen LogP contribution in [-0.4, -0.2) is 66.8 Å². The summed E-state index contributed by atoms with van der Waals surface area (Å²) in [5, 5.41) is 12.1. The first-order valence-corrected chi connectivity index (χ1v) is 7.41. The van der Waals surface area contributed by atoms with Crippen LogP contribution in [0.4, 0.5) is 4.79 Å². The number of carbonyl (C=O) groups is 1. The van der Waals surface area contributed by atoms with Crippen molar-refractivity contribution < 1.29 is 9.90 Å². The summed E-state index contributed by atoms with van der Waals surface area (Å²) in [6.07, 6.45) is 5.39. The fourth-order valence-electron chi connectivity index (χ4n) is 2.74. The van der Waals surface area contributed by atoms with Crippen LogP contribution in [-0.2, 0) is 0 Å². The summed E-state index contributed by atoms with van der Waals surface area (Å²) in [5.74, 6) is 0. The Kier molecular flexibility index (Phi) is 7.16. The second kappa shape index (κ2) is 8.38. The van der Waals surface area contributed by atoms with E-state index in [0.29, 0.717) is 19.1 Å². The van der Waals surface area contributed by atoms with E-state index < -0.39 is 0 Å². The standard InChI is InChI=1S/C14H29N3O2/c1-4-8-17(9-10-18)14(19)15-12-6-5-7-13(11-12)16(2)3/h12-13,18H,4-11H2,1-3H3,(H,15,19). The smallest absolute Gasteiger partial charge is 0.317 e. The highest BCUT2D eigenvalue weighted by molar-refractivity contribution is 5.74. The molecule has 1 rings (SSSR count). The third kappa shape index (κ3) is 5.37. The van der Waals surface area contributed by atoms with Gasteiger partial charge in [-0.15, -0.1) is 0 Å². The molecule has 19 heavy (non-hydrogen) atoms. The van der Waals surface area contributed by atoms with Crippen LogP contribution in [0.25, 0.3) is 0 Å². The molecule has 1 saturated carbocycles. The van der Waals surface area contributed by atoms with Gasteiger partial charge in [0, 0.05) is 25.2 Å². The number of nitrogens with one attached hydrogen (secondary N) is 1. The first-order chi connectivity index (χ1) is 9.08. The minimum absolute atomic E-state index is 0.0262. The largest absolute Gasteiger partial charge is 0.395 e. The molecular formula is C14H29N3O2. The lowest BCUT2D eigenvalue weighted by molar-refractivity contribution is 0.160. The molecule has 0 aromatic heterocycles. The van der Waals surface area contributed by atoms with E-state index in [1.54, 1.807) is 4.90 Å². The van der Waals surface area contributed by atoms with Gasteiger partial charge < -0.3 is 20.2 Å². The van der Waals surface area contributed by atoms with Crippen molar-refractivity contribution in [1.82, 2.24) is 15.1 Å². The topological polar surface area (TPSA) is 55.8 Å². The van der Waals surface area contributed by atoms with Crippen molar-refractivity contribution >= 4 is 6.03 Å². The summed E-state index contributed by atoms with van der Waals surface area (Å²) in [6, 6.07) is 0.809. The number of hydrogen-bond donors (Lipinski definition) is 2. The van der Waals surface area contributed by atoms with Crippen LogP contribution >= 0.6 is 0 Å². The van der Waals surface area contributed by atoms with Crippen molar-refractivity contribution in [1.29, 1.82) is 0 Å². The summed E-state index contributed by atoms with van der Waals surface area (Å²) >= 11 is 0. The predicted molar refractivity (Wildman–Crippen MR) is 77.2 cm³/mol. The Hall–Kier alpha value is -0.810. The monoisotopic (exact) mass is 271 g/mol. The fraction of sp³-hybridized carbons (Fsp3) is 0.929. The van der Waals surface area contributed by atoms with Gasteiger partial charge >= 0.3 is 6.03 Å². The molecule has 0 heterocycles. The number of rotatable bonds is 6. The molecule has 1 aliphatic carbocycles. The molecule has 0 radical (unpaired) electrons. The van der Waals surface area contributed by atoms with E-state index in [9.17, 15) is 4.79 Å². The molecule has 2 amide bonds. The van der Waals surface area contributed by atoms with Crippen LogP contribution in [0.3, 0.4) is 0 Å². The zero-order valence-corrected chi connectivity index (χ0v) is 12.6. The Morgan fingerprint density at radius 3 is 2.63 bits per heavy atom. The van der Waals surface area contributed by atoms with Gasteiger partial charge in [0.2, 0.25) is 0 Å². The Labute approximate surface area is 117 Å². The van der Waals surface area contributed by atoms with Crippen LogP contribution < -0.4 is 5.32 Å². The Morgan fingerprint density at radius 1 is 1.32 bits per heavy atom. The minimum atomic E-state index is -0.0275. The van der Waals surface area contributed by atoms with E-state index in [-0.39, 0.29) is 18.7 Å². The van der Waals surface area contributed by atoms with E-state index in [1.165, 1.54) is 12.8 Å². The molecule has 0 bridgehead atoms. The molecule has 0 aromatic rings. The number of aliphatic hydroxyl groups excluding tert-OH is 1. The molecule has 0 spiro atoms. The highest BCUT2D eigenvalue weighted by Gasteiger charge is 2.25. The number of hydrogen-bond acceptors (Lipinski definition) is 3. The van der Waals surface area contributed by atoms with Gasteiger partial charge in [0.05, 0.1) is 6.61 Å². The number of carbonyl (C=O) groups excluding carboxylic acids is 1. The Balaban J connectivity index is 2.45. The SMILES string of the molecule is CCCN(CCO)C(=O)NC1CCCC(N(C)C)C1. The minimum Gasteiger partial charge on any atom is -0.395 e. The number of amides is 2. The molecular weight excluding hydrogens is 242 g/mol. The molecule has 0 saturated heterocycles. The fourth-order valence-corrected chi connectivity index (χ4v) is 2.74. The molecule has 2 N–H and O–H groups in total. The Bertz CT molecular complexity index is 265. The van der Waals surface area contributed by atoms with E-state index in [0.717, 1.165) is 19.3 Å². The van der Waals surface area contributed by atoms with E-state index in [4.69, 9.17) is 5.11 Å². The van der Waals surface area contributed by atoms with Gasteiger partial charge in [0.1, 0.15) is 0 Å². The number of urea groups is 1. The van der Waals surface area contributed by atoms with E-state index in [2.05, 4.69) is 24.3 Å². The summed E-state index contributed by atoms with van der Waals surface area (Å²) in [7, 11) is 4.20. The molecule has 5 nitrogen and oxygen atoms in total. The molecule has 2 atom stereocenters. The third-order valence-corrected chi connectivity index (χ3v) is 3.86.